The summed E-state index contributed by atoms with van der Waals surface area (Å²) < 4.78 is 0. The van der Waals surface area contributed by atoms with E-state index in [4.69, 9.17) is 5.26 Å². The van der Waals surface area contributed by atoms with E-state index in [1.54, 1.807) is 13.2 Å². The average Bonchev–Trinajstić information content (AvgIpc) is 2.17. The molecule has 0 amide bonds. The monoisotopic (exact) mass is 122 g/mol. The summed E-state index contributed by atoms with van der Waals surface area (Å²) >= 11 is 0. The van der Waals surface area contributed by atoms with E-state index in [-0.39, 0.29) is 0 Å². The summed E-state index contributed by atoms with van der Waals surface area (Å²) in [6, 6.07) is 1.98. The molecule has 0 bridgehead atoms. The Kier molecular flexibility index (Phi) is 1.45. The fraction of sp³-hybridized carbons (Fsp3) is 0.400. The molecule has 1 rings (SSSR count). The quantitative estimate of drug-likeness (QED) is 0.521. The maximum absolute atomic E-state index is 8.20. The highest BCUT2D eigenvalue weighted by atomic mass is 15.4. The minimum Gasteiger partial charge on any atom is -0.198 e. The number of hydrogen-bond acceptors (Lipinski definition) is 3. The molecule has 0 saturated carbocycles. The predicted octanol–water partition coefficient (Wildman–Crippen LogP) is -0.119. The lowest BCUT2D eigenvalue weighted by atomic mass is 10.4. The van der Waals surface area contributed by atoms with Crippen molar-refractivity contribution in [2.75, 3.05) is 0 Å². The standard InChI is InChI=1S/C5H6N4/c1-9-7-4-5(8-9)2-3-6/h4H,2H2,1H3. The zero-order chi connectivity index (χ0) is 6.69. The fourth-order valence-electron chi connectivity index (χ4n) is 0.550. The predicted molar refractivity (Wildman–Crippen MR) is 30.3 cm³/mol. The van der Waals surface area contributed by atoms with Crippen LogP contribution in [0.1, 0.15) is 5.69 Å². The number of aromatic nitrogens is 3. The second kappa shape index (κ2) is 2.27. The molecule has 0 saturated heterocycles. The Morgan fingerprint density at radius 1 is 1.89 bits per heavy atom. The van der Waals surface area contributed by atoms with Gasteiger partial charge in [0.15, 0.2) is 0 Å². The highest BCUT2D eigenvalue weighted by Gasteiger charge is 1.93. The molecule has 46 valence electrons. The molecule has 0 N–H and O–H groups in total. The van der Waals surface area contributed by atoms with Crippen LogP contribution >= 0.6 is 0 Å². The van der Waals surface area contributed by atoms with Gasteiger partial charge in [-0.05, 0) is 0 Å². The van der Waals surface area contributed by atoms with Gasteiger partial charge in [-0.3, -0.25) is 0 Å². The van der Waals surface area contributed by atoms with Crippen LogP contribution in [0.2, 0.25) is 0 Å². The first-order chi connectivity index (χ1) is 4.33. The van der Waals surface area contributed by atoms with Gasteiger partial charge in [0, 0.05) is 7.05 Å². The lowest BCUT2D eigenvalue weighted by molar-refractivity contribution is 0.647. The molecule has 4 nitrogen and oxygen atoms in total. The fourth-order valence-corrected chi connectivity index (χ4v) is 0.550. The number of nitrogens with zero attached hydrogens (tertiary/aromatic N) is 4. The highest BCUT2D eigenvalue weighted by Crippen LogP contribution is 1.88. The van der Waals surface area contributed by atoms with Crippen LogP contribution in [0.5, 0.6) is 0 Å². The van der Waals surface area contributed by atoms with Crippen molar-refractivity contribution in [3.63, 3.8) is 0 Å². The number of nitriles is 1. The number of rotatable bonds is 1. The molecule has 9 heavy (non-hydrogen) atoms. The summed E-state index contributed by atoms with van der Waals surface area (Å²) in [5, 5.41) is 15.9. The Morgan fingerprint density at radius 2 is 2.67 bits per heavy atom. The van der Waals surface area contributed by atoms with Gasteiger partial charge in [0.2, 0.25) is 0 Å². The van der Waals surface area contributed by atoms with Gasteiger partial charge in [-0.15, -0.1) is 0 Å². The normalized spacial score (nSPS) is 8.89. The molecule has 1 heterocycles. The van der Waals surface area contributed by atoms with Crippen LogP contribution in [0.25, 0.3) is 0 Å². The third-order valence-electron chi connectivity index (χ3n) is 0.907. The molecule has 0 spiro atoms. The molecule has 4 heteroatoms. The summed E-state index contributed by atoms with van der Waals surface area (Å²) in [4.78, 5) is 1.44. The molecule has 0 aliphatic heterocycles. The minimum atomic E-state index is 0.341. The van der Waals surface area contributed by atoms with Gasteiger partial charge in [0.25, 0.3) is 0 Å². The highest BCUT2D eigenvalue weighted by molar-refractivity contribution is 4.98. The molecule has 0 aliphatic carbocycles. The zero-order valence-electron chi connectivity index (χ0n) is 5.07. The Hall–Kier alpha value is -1.37. The van der Waals surface area contributed by atoms with Crippen molar-refractivity contribution in [3.8, 4) is 6.07 Å². The summed E-state index contributed by atoms with van der Waals surface area (Å²) in [5.74, 6) is 0. The second-order valence-corrected chi connectivity index (χ2v) is 1.66. The van der Waals surface area contributed by atoms with Crippen LogP contribution in [0.15, 0.2) is 6.20 Å². The first-order valence-corrected chi connectivity index (χ1v) is 2.55. The molecular formula is C5H6N4. The van der Waals surface area contributed by atoms with Gasteiger partial charge < -0.3 is 0 Å². The Balaban J connectivity index is 2.76. The van der Waals surface area contributed by atoms with Crippen molar-refractivity contribution in [1.82, 2.24) is 15.0 Å². The molecule has 1 aromatic heterocycles. The van der Waals surface area contributed by atoms with Crippen molar-refractivity contribution in [2.45, 2.75) is 6.42 Å². The first kappa shape index (κ1) is 5.76. The van der Waals surface area contributed by atoms with Crippen LogP contribution < -0.4 is 0 Å². The number of aryl methyl sites for hydroxylation is 1. The lowest BCUT2D eigenvalue weighted by Gasteiger charge is -1.79. The van der Waals surface area contributed by atoms with Crippen LogP contribution in [0, 0.1) is 11.3 Å². The smallest absolute Gasteiger partial charge is 0.0967 e. The molecule has 0 radical (unpaired) electrons. The van der Waals surface area contributed by atoms with Crippen LogP contribution in [0.4, 0.5) is 0 Å². The van der Waals surface area contributed by atoms with E-state index < -0.39 is 0 Å². The van der Waals surface area contributed by atoms with Gasteiger partial charge in [-0.2, -0.15) is 20.3 Å². The third kappa shape index (κ3) is 1.26. The van der Waals surface area contributed by atoms with Crippen LogP contribution in [-0.2, 0) is 13.5 Å². The van der Waals surface area contributed by atoms with E-state index in [1.165, 1.54) is 4.80 Å². The van der Waals surface area contributed by atoms with Crippen molar-refractivity contribution in [1.29, 1.82) is 5.26 Å². The molecule has 0 aliphatic rings. The van der Waals surface area contributed by atoms with E-state index >= 15 is 0 Å². The maximum atomic E-state index is 8.20. The third-order valence-corrected chi connectivity index (χ3v) is 0.907. The van der Waals surface area contributed by atoms with Crippen molar-refractivity contribution in [2.24, 2.45) is 7.05 Å². The number of hydrogen-bond donors (Lipinski definition) is 0. The lowest BCUT2D eigenvalue weighted by Crippen LogP contribution is -1.92. The van der Waals surface area contributed by atoms with Gasteiger partial charge in [-0.25, -0.2) is 0 Å². The summed E-state index contributed by atoms with van der Waals surface area (Å²) in [7, 11) is 1.72. The van der Waals surface area contributed by atoms with Gasteiger partial charge in [0.1, 0.15) is 0 Å². The van der Waals surface area contributed by atoms with E-state index in [0.29, 0.717) is 6.42 Å². The first-order valence-electron chi connectivity index (χ1n) is 2.55. The van der Waals surface area contributed by atoms with Crippen LogP contribution in [-0.4, -0.2) is 15.0 Å². The Morgan fingerprint density at radius 3 is 3.11 bits per heavy atom. The van der Waals surface area contributed by atoms with Gasteiger partial charge in [0.05, 0.1) is 24.4 Å². The summed E-state index contributed by atoms with van der Waals surface area (Å²) in [6.45, 7) is 0. The van der Waals surface area contributed by atoms with Gasteiger partial charge in [-0.1, -0.05) is 0 Å². The molecule has 0 atom stereocenters. The molecule has 0 fully saturated rings. The molecule has 0 unspecified atom stereocenters. The zero-order valence-corrected chi connectivity index (χ0v) is 5.07. The Bertz CT molecular complexity index is 231. The van der Waals surface area contributed by atoms with Crippen molar-refractivity contribution < 1.29 is 0 Å². The van der Waals surface area contributed by atoms with Crippen LogP contribution in [0.3, 0.4) is 0 Å². The Labute approximate surface area is 52.7 Å². The maximum Gasteiger partial charge on any atom is 0.0967 e. The summed E-state index contributed by atoms with van der Waals surface area (Å²) in [6.07, 6.45) is 1.93. The largest absolute Gasteiger partial charge is 0.198 e. The van der Waals surface area contributed by atoms with E-state index in [9.17, 15) is 0 Å². The average molecular weight is 122 g/mol. The minimum absolute atomic E-state index is 0.341. The van der Waals surface area contributed by atoms with Gasteiger partial charge >= 0.3 is 0 Å². The SMILES string of the molecule is Cn1ncc(CC#N)n1. The van der Waals surface area contributed by atoms with E-state index in [0.717, 1.165) is 5.69 Å². The summed E-state index contributed by atoms with van der Waals surface area (Å²) in [5.41, 5.74) is 0.722. The molecule has 1 aromatic rings. The second-order valence-electron chi connectivity index (χ2n) is 1.66. The molecular weight excluding hydrogens is 116 g/mol. The van der Waals surface area contributed by atoms with E-state index in [1.807, 2.05) is 6.07 Å². The van der Waals surface area contributed by atoms with Crippen molar-refractivity contribution in [3.05, 3.63) is 11.9 Å². The molecule has 0 aromatic carbocycles. The van der Waals surface area contributed by atoms with E-state index in [2.05, 4.69) is 10.2 Å². The van der Waals surface area contributed by atoms with Crippen molar-refractivity contribution >= 4 is 0 Å². The topological polar surface area (TPSA) is 54.5 Å².